The van der Waals surface area contributed by atoms with Gasteiger partial charge in [-0.1, -0.05) is 18.6 Å². The fraction of sp³-hybridized carbons (Fsp3) is 0.467. The van der Waals surface area contributed by atoms with Crippen LogP contribution in [-0.2, 0) is 14.8 Å². The Hall–Kier alpha value is -1.91. The highest BCUT2D eigenvalue weighted by Gasteiger charge is 2.30. The van der Waals surface area contributed by atoms with Gasteiger partial charge >= 0.3 is 5.97 Å². The molecule has 0 saturated carbocycles. The van der Waals surface area contributed by atoms with Gasteiger partial charge in [0.2, 0.25) is 10.0 Å². The minimum absolute atomic E-state index is 0.0322. The van der Waals surface area contributed by atoms with E-state index in [0.29, 0.717) is 13.1 Å². The van der Waals surface area contributed by atoms with Crippen molar-refractivity contribution in [2.45, 2.75) is 37.2 Å². The van der Waals surface area contributed by atoms with E-state index >= 15 is 0 Å². The van der Waals surface area contributed by atoms with Crippen molar-refractivity contribution in [1.82, 2.24) is 4.31 Å². The van der Waals surface area contributed by atoms with Gasteiger partial charge in [-0.3, -0.25) is 0 Å². The fourth-order valence-corrected chi connectivity index (χ4v) is 4.05. The Balaban J connectivity index is 2.35. The molecule has 1 aromatic rings. The number of esters is 1. The van der Waals surface area contributed by atoms with E-state index in [2.05, 4.69) is 0 Å². The van der Waals surface area contributed by atoms with Gasteiger partial charge in [0.1, 0.15) is 6.07 Å². The number of benzene rings is 1. The molecule has 1 atom stereocenters. The molecule has 0 spiro atoms. The van der Waals surface area contributed by atoms with E-state index in [9.17, 15) is 13.2 Å². The molecule has 0 N–H and O–H groups in total. The molecule has 118 valence electrons. The lowest BCUT2D eigenvalue weighted by atomic mass is 10.2. The van der Waals surface area contributed by atoms with Gasteiger partial charge in [-0.15, -0.1) is 0 Å². The van der Waals surface area contributed by atoms with E-state index in [-0.39, 0.29) is 10.5 Å². The summed E-state index contributed by atoms with van der Waals surface area (Å²) in [6.45, 7) is 2.35. The second-order valence-electron chi connectivity index (χ2n) is 5.14. The molecule has 1 fully saturated rings. The highest BCUT2D eigenvalue weighted by atomic mass is 32.2. The van der Waals surface area contributed by atoms with E-state index in [4.69, 9.17) is 10.00 Å². The summed E-state index contributed by atoms with van der Waals surface area (Å²) < 4.78 is 31.8. The van der Waals surface area contributed by atoms with Gasteiger partial charge in [-0.2, -0.15) is 9.57 Å². The minimum atomic E-state index is -3.73. The third-order valence-corrected chi connectivity index (χ3v) is 5.46. The van der Waals surface area contributed by atoms with Crippen LogP contribution in [0, 0.1) is 11.3 Å². The van der Waals surface area contributed by atoms with Crippen LogP contribution in [0.25, 0.3) is 0 Å². The van der Waals surface area contributed by atoms with Crippen LogP contribution in [0.4, 0.5) is 0 Å². The normalized spacial score (nSPS) is 17.5. The Bertz CT molecular complexity index is 688. The number of ether oxygens (including phenoxy) is 1. The number of nitriles is 1. The molecule has 0 amide bonds. The standard InChI is InChI=1S/C15H18N2O4S/c1-12(11-16)21-15(18)13-7-3-4-8-14(13)22(19,20)17-9-5-2-6-10-17/h3-4,7-8,12H,2,5-6,9-10H2,1H3/t12-/m1/s1. The summed E-state index contributed by atoms with van der Waals surface area (Å²) in [4.78, 5) is 12.0. The Kier molecular flexibility index (Phi) is 5.16. The highest BCUT2D eigenvalue weighted by Crippen LogP contribution is 2.24. The molecule has 7 heteroatoms. The maximum absolute atomic E-state index is 12.7. The van der Waals surface area contributed by atoms with Gasteiger partial charge < -0.3 is 4.74 Å². The second kappa shape index (κ2) is 6.90. The Morgan fingerprint density at radius 1 is 1.27 bits per heavy atom. The lowest BCUT2D eigenvalue weighted by Gasteiger charge is -2.26. The number of sulfonamides is 1. The monoisotopic (exact) mass is 322 g/mol. The maximum atomic E-state index is 12.7. The van der Waals surface area contributed by atoms with Crippen molar-refractivity contribution < 1.29 is 17.9 Å². The average molecular weight is 322 g/mol. The van der Waals surface area contributed by atoms with Gasteiger partial charge in [0.25, 0.3) is 0 Å². The molecule has 1 aromatic carbocycles. The summed E-state index contributed by atoms with van der Waals surface area (Å²) in [5.41, 5.74) is -0.0322. The predicted octanol–water partition coefficient (Wildman–Crippen LogP) is 1.93. The molecule has 0 unspecified atom stereocenters. The predicted molar refractivity (Wildman–Crippen MR) is 79.5 cm³/mol. The van der Waals surface area contributed by atoms with Crippen molar-refractivity contribution in [2.24, 2.45) is 0 Å². The van der Waals surface area contributed by atoms with Crippen molar-refractivity contribution in [2.75, 3.05) is 13.1 Å². The van der Waals surface area contributed by atoms with E-state index in [1.807, 2.05) is 0 Å². The zero-order valence-electron chi connectivity index (χ0n) is 12.4. The van der Waals surface area contributed by atoms with Crippen LogP contribution in [0.15, 0.2) is 29.2 Å². The number of nitrogens with zero attached hydrogens (tertiary/aromatic N) is 2. The first-order chi connectivity index (χ1) is 10.5. The van der Waals surface area contributed by atoms with Crippen LogP contribution in [0.3, 0.4) is 0 Å². The third kappa shape index (κ3) is 3.46. The van der Waals surface area contributed by atoms with Crippen LogP contribution in [0.1, 0.15) is 36.5 Å². The molecule has 0 aliphatic carbocycles. The minimum Gasteiger partial charge on any atom is -0.444 e. The lowest BCUT2D eigenvalue weighted by molar-refractivity contribution is 0.0430. The topological polar surface area (TPSA) is 87.5 Å². The first-order valence-electron chi connectivity index (χ1n) is 7.16. The molecule has 0 aromatic heterocycles. The first kappa shape index (κ1) is 16.5. The molecule has 22 heavy (non-hydrogen) atoms. The molecule has 6 nitrogen and oxygen atoms in total. The molecule has 1 saturated heterocycles. The molecule has 1 aliphatic rings. The van der Waals surface area contributed by atoms with Crippen LogP contribution in [0.2, 0.25) is 0 Å². The average Bonchev–Trinajstić information content (AvgIpc) is 2.55. The summed E-state index contributed by atoms with van der Waals surface area (Å²) in [6.07, 6.45) is 1.71. The summed E-state index contributed by atoms with van der Waals surface area (Å²) in [5.74, 6) is -0.801. The van der Waals surface area contributed by atoms with Gasteiger partial charge in [-0.05, 0) is 31.9 Å². The third-order valence-electron chi connectivity index (χ3n) is 3.51. The summed E-state index contributed by atoms with van der Waals surface area (Å²) in [5, 5.41) is 8.71. The first-order valence-corrected chi connectivity index (χ1v) is 8.60. The summed E-state index contributed by atoms with van der Waals surface area (Å²) in [6, 6.07) is 7.73. The molecule has 0 radical (unpaired) electrons. The number of carbonyl (C=O) groups excluding carboxylic acids is 1. The largest absolute Gasteiger partial charge is 0.444 e. The molecule has 2 rings (SSSR count). The molecule has 0 bridgehead atoms. The smallest absolute Gasteiger partial charge is 0.340 e. The molecule has 1 aliphatic heterocycles. The van der Waals surface area contributed by atoms with Crippen LogP contribution < -0.4 is 0 Å². The van der Waals surface area contributed by atoms with Crippen LogP contribution >= 0.6 is 0 Å². The van der Waals surface area contributed by atoms with E-state index in [1.54, 1.807) is 18.2 Å². The van der Waals surface area contributed by atoms with Gasteiger partial charge in [-0.25, -0.2) is 13.2 Å². The summed E-state index contributed by atoms with van der Waals surface area (Å²) >= 11 is 0. The Morgan fingerprint density at radius 3 is 2.55 bits per heavy atom. The maximum Gasteiger partial charge on any atom is 0.340 e. The van der Waals surface area contributed by atoms with Crippen molar-refractivity contribution in [3.05, 3.63) is 29.8 Å². The number of hydrogen-bond donors (Lipinski definition) is 0. The van der Waals surface area contributed by atoms with Crippen molar-refractivity contribution in [3.8, 4) is 6.07 Å². The fourth-order valence-electron chi connectivity index (χ4n) is 2.35. The number of carbonyl (C=O) groups is 1. The molecular formula is C15H18N2O4S. The van der Waals surface area contributed by atoms with Gasteiger partial charge in [0.15, 0.2) is 6.10 Å². The lowest BCUT2D eigenvalue weighted by Crippen LogP contribution is -2.36. The summed E-state index contributed by atoms with van der Waals surface area (Å²) in [7, 11) is -3.73. The number of rotatable bonds is 4. The molecular weight excluding hydrogens is 304 g/mol. The van der Waals surface area contributed by atoms with Gasteiger partial charge in [0, 0.05) is 13.1 Å². The van der Waals surface area contributed by atoms with Crippen LogP contribution in [0.5, 0.6) is 0 Å². The van der Waals surface area contributed by atoms with Crippen molar-refractivity contribution in [1.29, 1.82) is 5.26 Å². The SMILES string of the molecule is C[C@H](C#N)OC(=O)c1ccccc1S(=O)(=O)N1CCCCC1. The van der Waals surface area contributed by atoms with Crippen LogP contribution in [-0.4, -0.2) is 37.9 Å². The quantitative estimate of drug-likeness (QED) is 0.790. The van der Waals surface area contributed by atoms with E-state index < -0.39 is 22.1 Å². The zero-order valence-corrected chi connectivity index (χ0v) is 13.2. The second-order valence-corrected chi connectivity index (χ2v) is 7.04. The highest BCUT2D eigenvalue weighted by molar-refractivity contribution is 7.89. The van der Waals surface area contributed by atoms with E-state index in [1.165, 1.54) is 23.4 Å². The zero-order chi connectivity index (χ0) is 16.2. The van der Waals surface area contributed by atoms with Gasteiger partial charge in [0.05, 0.1) is 10.5 Å². The van der Waals surface area contributed by atoms with Crippen molar-refractivity contribution >= 4 is 16.0 Å². The Morgan fingerprint density at radius 2 is 1.91 bits per heavy atom. The molecule has 1 heterocycles. The number of hydrogen-bond acceptors (Lipinski definition) is 5. The number of piperidine rings is 1. The Labute approximate surface area is 130 Å². The van der Waals surface area contributed by atoms with E-state index in [0.717, 1.165) is 19.3 Å². The van der Waals surface area contributed by atoms with Crippen molar-refractivity contribution in [3.63, 3.8) is 0 Å².